The van der Waals surface area contributed by atoms with Crippen molar-refractivity contribution in [1.82, 2.24) is 9.36 Å². The molecule has 0 fully saturated rings. The molecule has 0 amide bonds. The van der Waals surface area contributed by atoms with Gasteiger partial charge in [-0.05, 0) is 6.42 Å². The zero-order valence-electron chi connectivity index (χ0n) is 9.56. The molecule has 0 saturated heterocycles. The van der Waals surface area contributed by atoms with Gasteiger partial charge in [0.1, 0.15) is 11.9 Å². The fourth-order valence-electron chi connectivity index (χ4n) is 1.27. The van der Waals surface area contributed by atoms with E-state index in [4.69, 9.17) is 5.11 Å². The number of nitrogens with zero attached hydrogens (tertiary/aromatic N) is 2. The molecule has 0 spiro atoms. The van der Waals surface area contributed by atoms with Gasteiger partial charge in [-0.15, -0.1) is 0 Å². The Balaban J connectivity index is 2.56. The molecule has 0 radical (unpaired) electrons. The third kappa shape index (κ3) is 3.77. The Hall–Kier alpha value is -1.17. The molecule has 2 N–H and O–H groups in total. The number of carboxylic acid groups (broad SMARTS) is 1. The van der Waals surface area contributed by atoms with Gasteiger partial charge in [0.2, 0.25) is 5.13 Å². The molecule has 1 unspecified atom stereocenters. The molecular weight excluding hydrogens is 226 g/mol. The van der Waals surface area contributed by atoms with Crippen LogP contribution in [0.3, 0.4) is 0 Å². The summed E-state index contributed by atoms with van der Waals surface area (Å²) < 4.78 is 4.10. The van der Waals surface area contributed by atoms with E-state index in [1.807, 2.05) is 13.8 Å². The fraction of sp³-hybridized carbons (Fsp3) is 0.700. The van der Waals surface area contributed by atoms with Crippen molar-refractivity contribution in [2.24, 2.45) is 0 Å². The van der Waals surface area contributed by atoms with Crippen molar-refractivity contribution in [3.63, 3.8) is 0 Å². The van der Waals surface area contributed by atoms with Crippen molar-refractivity contribution >= 4 is 22.6 Å². The van der Waals surface area contributed by atoms with Gasteiger partial charge in [-0.3, -0.25) is 0 Å². The third-order valence-corrected chi connectivity index (χ3v) is 2.91. The van der Waals surface area contributed by atoms with Gasteiger partial charge in [0.15, 0.2) is 0 Å². The summed E-state index contributed by atoms with van der Waals surface area (Å²) in [7, 11) is 0. The minimum absolute atomic E-state index is 0.558. The average molecular weight is 243 g/mol. The first-order valence-electron chi connectivity index (χ1n) is 5.49. The molecule has 0 bridgehead atoms. The number of carboxylic acids is 1. The Labute approximate surface area is 99.1 Å². The molecule has 1 aromatic rings. The number of hydrogen-bond donors (Lipinski definition) is 2. The topological polar surface area (TPSA) is 75.1 Å². The SMILES string of the molecule is CCCCC(Nc1nc(CC)ns1)C(=O)O. The molecule has 16 heavy (non-hydrogen) atoms. The summed E-state index contributed by atoms with van der Waals surface area (Å²) in [4.78, 5) is 15.2. The standard InChI is InChI=1S/C10H17N3O2S/c1-3-5-6-7(9(14)15)11-10-12-8(4-2)13-16-10/h7H,3-6H2,1-2H3,(H,14,15)(H,11,12,13). The zero-order valence-corrected chi connectivity index (χ0v) is 10.4. The van der Waals surface area contributed by atoms with E-state index in [9.17, 15) is 4.79 Å². The van der Waals surface area contributed by atoms with E-state index in [1.165, 1.54) is 11.5 Å². The molecular formula is C10H17N3O2S. The number of rotatable bonds is 7. The number of hydrogen-bond acceptors (Lipinski definition) is 5. The largest absolute Gasteiger partial charge is 0.480 e. The van der Waals surface area contributed by atoms with E-state index in [2.05, 4.69) is 14.7 Å². The second-order valence-electron chi connectivity index (χ2n) is 3.55. The highest BCUT2D eigenvalue weighted by Gasteiger charge is 2.17. The number of aryl methyl sites for hydroxylation is 1. The van der Waals surface area contributed by atoms with Crippen molar-refractivity contribution in [1.29, 1.82) is 0 Å². The molecule has 0 saturated carbocycles. The fourth-order valence-corrected chi connectivity index (χ4v) is 1.97. The Morgan fingerprint density at radius 2 is 2.31 bits per heavy atom. The van der Waals surface area contributed by atoms with Gasteiger partial charge < -0.3 is 10.4 Å². The van der Waals surface area contributed by atoms with Crippen LogP contribution in [0.15, 0.2) is 0 Å². The summed E-state index contributed by atoms with van der Waals surface area (Å²) >= 11 is 1.22. The van der Waals surface area contributed by atoms with Crippen molar-refractivity contribution in [2.45, 2.75) is 45.6 Å². The number of carbonyl (C=O) groups is 1. The van der Waals surface area contributed by atoms with E-state index >= 15 is 0 Å². The number of nitrogens with one attached hydrogen (secondary N) is 1. The van der Waals surface area contributed by atoms with Gasteiger partial charge in [-0.25, -0.2) is 9.78 Å². The molecule has 1 heterocycles. The molecule has 0 aromatic carbocycles. The van der Waals surface area contributed by atoms with Crippen LogP contribution in [0, 0.1) is 0 Å². The van der Waals surface area contributed by atoms with Gasteiger partial charge in [0, 0.05) is 18.0 Å². The van der Waals surface area contributed by atoms with Gasteiger partial charge in [0.05, 0.1) is 0 Å². The van der Waals surface area contributed by atoms with Crippen molar-refractivity contribution in [3.8, 4) is 0 Å². The maximum atomic E-state index is 11.0. The Bertz CT molecular complexity index is 341. The Morgan fingerprint density at radius 3 is 2.81 bits per heavy atom. The van der Waals surface area contributed by atoms with Crippen LogP contribution >= 0.6 is 11.5 Å². The summed E-state index contributed by atoms with van der Waals surface area (Å²) in [6, 6.07) is -0.558. The molecule has 0 aliphatic carbocycles. The van der Waals surface area contributed by atoms with Crippen LogP contribution in [0.2, 0.25) is 0 Å². The number of aromatic nitrogens is 2. The van der Waals surface area contributed by atoms with E-state index in [1.54, 1.807) is 0 Å². The second-order valence-corrected chi connectivity index (χ2v) is 4.30. The predicted molar refractivity (Wildman–Crippen MR) is 63.9 cm³/mol. The summed E-state index contributed by atoms with van der Waals surface area (Å²) in [6.07, 6.45) is 3.27. The van der Waals surface area contributed by atoms with Crippen LogP contribution in [0.1, 0.15) is 38.9 Å². The average Bonchev–Trinajstić information content (AvgIpc) is 2.71. The van der Waals surface area contributed by atoms with Crippen LogP contribution in [-0.2, 0) is 11.2 Å². The second kappa shape index (κ2) is 6.42. The normalized spacial score (nSPS) is 12.4. The predicted octanol–water partition coefficient (Wildman–Crippen LogP) is 2.16. The Kier molecular flexibility index (Phi) is 5.18. The van der Waals surface area contributed by atoms with Gasteiger partial charge in [-0.2, -0.15) is 4.37 Å². The highest BCUT2D eigenvalue weighted by atomic mass is 32.1. The van der Waals surface area contributed by atoms with E-state index in [-0.39, 0.29) is 0 Å². The minimum atomic E-state index is -0.832. The lowest BCUT2D eigenvalue weighted by atomic mass is 10.1. The van der Waals surface area contributed by atoms with Crippen LogP contribution in [0.25, 0.3) is 0 Å². The molecule has 0 aliphatic heterocycles. The minimum Gasteiger partial charge on any atom is -0.480 e. The molecule has 5 nitrogen and oxygen atoms in total. The molecule has 1 aromatic heterocycles. The lowest BCUT2D eigenvalue weighted by Gasteiger charge is -2.12. The number of aliphatic carboxylic acids is 1. The molecule has 1 rings (SSSR count). The van der Waals surface area contributed by atoms with Crippen molar-refractivity contribution < 1.29 is 9.90 Å². The quantitative estimate of drug-likeness (QED) is 0.767. The number of unbranched alkanes of at least 4 members (excludes halogenated alkanes) is 1. The van der Waals surface area contributed by atoms with Crippen molar-refractivity contribution in [2.75, 3.05) is 5.32 Å². The van der Waals surface area contributed by atoms with E-state index < -0.39 is 12.0 Å². The maximum Gasteiger partial charge on any atom is 0.326 e. The van der Waals surface area contributed by atoms with E-state index in [0.717, 1.165) is 25.1 Å². The first kappa shape index (κ1) is 12.9. The van der Waals surface area contributed by atoms with Crippen LogP contribution in [0.5, 0.6) is 0 Å². The Morgan fingerprint density at radius 1 is 1.56 bits per heavy atom. The monoisotopic (exact) mass is 243 g/mol. The van der Waals surface area contributed by atoms with Crippen LogP contribution < -0.4 is 5.32 Å². The summed E-state index contributed by atoms with van der Waals surface area (Å²) in [5, 5.41) is 12.5. The smallest absolute Gasteiger partial charge is 0.326 e. The zero-order chi connectivity index (χ0) is 12.0. The first-order valence-corrected chi connectivity index (χ1v) is 6.26. The summed E-state index contributed by atoms with van der Waals surface area (Å²) in [6.45, 7) is 4.01. The van der Waals surface area contributed by atoms with Gasteiger partial charge in [-0.1, -0.05) is 26.7 Å². The first-order chi connectivity index (χ1) is 7.67. The maximum absolute atomic E-state index is 11.0. The summed E-state index contributed by atoms with van der Waals surface area (Å²) in [5.74, 6) is -0.0752. The van der Waals surface area contributed by atoms with E-state index in [0.29, 0.717) is 11.6 Å². The molecule has 6 heteroatoms. The molecule has 0 aliphatic rings. The molecule has 90 valence electrons. The number of anilines is 1. The van der Waals surface area contributed by atoms with Crippen LogP contribution in [-0.4, -0.2) is 26.5 Å². The third-order valence-electron chi connectivity index (χ3n) is 2.23. The molecule has 1 atom stereocenters. The highest BCUT2D eigenvalue weighted by molar-refractivity contribution is 7.09. The summed E-state index contributed by atoms with van der Waals surface area (Å²) in [5.41, 5.74) is 0. The van der Waals surface area contributed by atoms with Crippen molar-refractivity contribution in [3.05, 3.63) is 5.82 Å². The van der Waals surface area contributed by atoms with Crippen LogP contribution in [0.4, 0.5) is 5.13 Å². The van der Waals surface area contributed by atoms with Gasteiger partial charge >= 0.3 is 5.97 Å². The van der Waals surface area contributed by atoms with Gasteiger partial charge in [0.25, 0.3) is 0 Å². The lowest BCUT2D eigenvalue weighted by Crippen LogP contribution is -2.29. The lowest BCUT2D eigenvalue weighted by molar-refractivity contribution is -0.138. The highest BCUT2D eigenvalue weighted by Crippen LogP contribution is 2.15.